The summed E-state index contributed by atoms with van der Waals surface area (Å²) in [6.07, 6.45) is 3.68. The number of aromatic nitrogens is 2. The van der Waals surface area contributed by atoms with Crippen molar-refractivity contribution in [2.75, 3.05) is 0 Å². The van der Waals surface area contributed by atoms with Crippen LogP contribution in [0.4, 0.5) is 0 Å². The summed E-state index contributed by atoms with van der Waals surface area (Å²) < 4.78 is 3.53. The van der Waals surface area contributed by atoms with Crippen molar-refractivity contribution in [1.29, 1.82) is 0 Å². The van der Waals surface area contributed by atoms with Crippen molar-refractivity contribution >= 4 is 16.9 Å². The molecule has 5 heteroatoms. The van der Waals surface area contributed by atoms with Gasteiger partial charge in [-0.1, -0.05) is 19.1 Å². The zero-order valence-corrected chi connectivity index (χ0v) is 13.9. The Labute approximate surface area is 136 Å². The fraction of sp³-hybridized carbons (Fsp3) is 0.556. The van der Waals surface area contributed by atoms with Gasteiger partial charge in [-0.2, -0.15) is 0 Å². The first-order chi connectivity index (χ1) is 11.1. The molecule has 1 aromatic carbocycles. The van der Waals surface area contributed by atoms with Crippen LogP contribution in [0.5, 0.6) is 0 Å². The van der Waals surface area contributed by atoms with E-state index in [1.54, 1.807) is 9.13 Å². The van der Waals surface area contributed by atoms with Gasteiger partial charge in [-0.15, -0.1) is 0 Å². The molecule has 1 aliphatic rings. The molecule has 0 spiro atoms. The van der Waals surface area contributed by atoms with E-state index in [-0.39, 0.29) is 17.6 Å². The van der Waals surface area contributed by atoms with E-state index in [1.807, 2.05) is 24.3 Å². The van der Waals surface area contributed by atoms with Gasteiger partial charge >= 0.3 is 5.69 Å². The lowest BCUT2D eigenvalue weighted by Crippen LogP contribution is -2.35. The van der Waals surface area contributed by atoms with Crippen LogP contribution in [0.3, 0.4) is 0 Å². The largest absolute Gasteiger partial charge is 0.353 e. The summed E-state index contributed by atoms with van der Waals surface area (Å²) in [5.41, 5.74) is 1.84. The molecule has 124 valence electrons. The molecule has 1 aliphatic carbocycles. The van der Waals surface area contributed by atoms with E-state index in [4.69, 9.17) is 0 Å². The SMILES string of the molecule is CCCn1c(=O)n(CCC(=O)NC(C)C2CC2)c2ccccc21. The molecule has 1 aromatic heterocycles. The number of benzene rings is 1. The Morgan fingerprint density at radius 1 is 1.22 bits per heavy atom. The van der Waals surface area contributed by atoms with Gasteiger partial charge in [-0.3, -0.25) is 13.9 Å². The molecule has 2 aromatic rings. The lowest BCUT2D eigenvalue weighted by atomic mass is 10.2. The van der Waals surface area contributed by atoms with Crippen molar-refractivity contribution in [3.05, 3.63) is 34.7 Å². The van der Waals surface area contributed by atoms with E-state index in [0.29, 0.717) is 25.4 Å². The van der Waals surface area contributed by atoms with Crippen LogP contribution in [-0.2, 0) is 17.9 Å². The van der Waals surface area contributed by atoms with Crippen LogP contribution in [0.25, 0.3) is 11.0 Å². The van der Waals surface area contributed by atoms with Crippen molar-refractivity contribution in [2.45, 2.75) is 58.7 Å². The average Bonchev–Trinajstić information content (AvgIpc) is 3.34. The molecule has 1 saturated carbocycles. The molecule has 1 N–H and O–H groups in total. The lowest BCUT2D eigenvalue weighted by Gasteiger charge is -2.12. The third kappa shape index (κ3) is 3.33. The predicted molar refractivity (Wildman–Crippen MR) is 91.4 cm³/mol. The second-order valence-corrected chi connectivity index (χ2v) is 6.52. The van der Waals surface area contributed by atoms with Gasteiger partial charge < -0.3 is 5.32 Å². The Hall–Kier alpha value is -2.04. The van der Waals surface area contributed by atoms with E-state index < -0.39 is 0 Å². The Balaban J connectivity index is 1.75. The molecule has 1 atom stereocenters. The number of hydrogen-bond acceptors (Lipinski definition) is 2. The summed E-state index contributed by atoms with van der Waals surface area (Å²) >= 11 is 0. The maximum atomic E-state index is 12.6. The number of imidazole rings is 1. The second kappa shape index (κ2) is 6.60. The van der Waals surface area contributed by atoms with Crippen molar-refractivity contribution in [3.8, 4) is 0 Å². The molecule has 23 heavy (non-hydrogen) atoms. The summed E-state index contributed by atoms with van der Waals surface area (Å²) in [7, 11) is 0. The van der Waals surface area contributed by atoms with Crippen LogP contribution < -0.4 is 11.0 Å². The molecule has 0 bridgehead atoms. The average molecular weight is 315 g/mol. The van der Waals surface area contributed by atoms with Crippen molar-refractivity contribution in [3.63, 3.8) is 0 Å². The van der Waals surface area contributed by atoms with Gasteiger partial charge in [0.25, 0.3) is 0 Å². The highest BCUT2D eigenvalue weighted by atomic mass is 16.2. The fourth-order valence-electron chi connectivity index (χ4n) is 3.18. The molecule has 5 nitrogen and oxygen atoms in total. The lowest BCUT2D eigenvalue weighted by molar-refractivity contribution is -0.122. The minimum absolute atomic E-state index is 0.0175. The highest BCUT2D eigenvalue weighted by Gasteiger charge is 2.28. The number of aryl methyl sites for hydroxylation is 2. The number of carbonyl (C=O) groups excluding carboxylic acids is 1. The molecule has 0 radical (unpaired) electrons. The maximum Gasteiger partial charge on any atom is 0.329 e. The number of para-hydroxylation sites is 2. The number of carbonyl (C=O) groups is 1. The van der Waals surface area contributed by atoms with E-state index in [1.165, 1.54) is 12.8 Å². The Bertz CT molecular complexity index is 755. The first-order valence-electron chi connectivity index (χ1n) is 8.59. The highest BCUT2D eigenvalue weighted by Crippen LogP contribution is 2.32. The van der Waals surface area contributed by atoms with Gasteiger partial charge in [-0.05, 0) is 44.2 Å². The smallest absolute Gasteiger partial charge is 0.329 e. The highest BCUT2D eigenvalue weighted by molar-refractivity contribution is 5.78. The van der Waals surface area contributed by atoms with Gasteiger partial charge in [0.1, 0.15) is 0 Å². The fourth-order valence-corrected chi connectivity index (χ4v) is 3.18. The van der Waals surface area contributed by atoms with Crippen LogP contribution >= 0.6 is 0 Å². The second-order valence-electron chi connectivity index (χ2n) is 6.52. The third-order valence-corrected chi connectivity index (χ3v) is 4.65. The Morgan fingerprint density at radius 3 is 2.39 bits per heavy atom. The number of hydrogen-bond donors (Lipinski definition) is 1. The van der Waals surface area contributed by atoms with E-state index in [0.717, 1.165) is 17.5 Å². The van der Waals surface area contributed by atoms with Gasteiger partial charge in [-0.25, -0.2) is 4.79 Å². The molecule has 0 saturated heterocycles. The number of nitrogens with one attached hydrogen (secondary N) is 1. The number of nitrogens with zero attached hydrogens (tertiary/aromatic N) is 2. The molecule has 0 aliphatic heterocycles. The van der Waals surface area contributed by atoms with Crippen LogP contribution in [0.15, 0.2) is 29.1 Å². The minimum atomic E-state index is -0.0175. The van der Waals surface area contributed by atoms with Crippen LogP contribution in [0.2, 0.25) is 0 Å². The Morgan fingerprint density at radius 2 is 1.83 bits per heavy atom. The topological polar surface area (TPSA) is 56.0 Å². The summed E-state index contributed by atoms with van der Waals surface area (Å²) in [4.78, 5) is 24.7. The third-order valence-electron chi connectivity index (χ3n) is 4.65. The maximum absolute atomic E-state index is 12.6. The van der Waals surface area contributed by atoms with E-state index in [9.17, 15) is 9.59 Å². The monoisotopic (exact) mass is 315 g/mol. The van der Waals surface area contributed by atoms with Crippen LogP contribution in [-0.4, -0.2) is 21.1 Å². The summed E-state index contributed by atoms with van der Waals surface area (Å²) in [5.74, 6) is 0.678. The van der Waals surface area contributed by atoms with E-state index in [2.05, 4.69) is 19.2 Å². The summed E-state index contributed by atoms with van der Waals surface area (Å²) in [5, 5.41) is 3.05. The summed E-state index contributed by atoms with van der Waals surface area (Å²) in [6.45, 7) is 5.26. The predicted octanol–water partition coefficient (Wildman–Crippen LogP) is 2.52. The van der Waals surface area contributed by atoms with Crippen LogP contribution in [0, 0.1) is 5.92 Å². The first-order valence-corrected chi connectivity index (χ1v) is 8.59. The van der Waals surface area contributed by atoms with Gasteiger partial charge in [0, 0.05) is 25.6 Å². The quantitative estimate of drug-likeness (QED) is 0.853. The normalized spacial score (nSPS) is 15.7. The number of rotatable bonds is 7. The molecular formula is C18H25N3O2. The molecular weight excluding hydrogens is 290 g/mol. The van der Waals surface area contributed by atoms with Crippen LogP contribution in [0.1, 0.15) is 39.5 Å². The molecule has 1 amide bonds. The molecule has 1 heterocycles. The number of fused-ring (bicyclic) bond motifs is 1. The van der Waals surface area contributed by atoms with Gasteiger partial charge in [0.2, 0.25) is 5.91 Å². The van der Waals surface area contributed by atoms with Gasteiger partial charge in [0.15, 0.2) is 0 Å². The van der Waals surface area contributed by atoms with Crippen molar-refractivity contribution < 1.29 is 4.79 Å². The molecule has 1 unspecified atom stereocenters. The summed E-state index contributed by atoms with van der Waals surface area (Å²) in [6, 6.07) is 8.05. The van der Waals surface area contributed by atoms with Gasteiger partial charge in [0.05, 0.1) is 11.0 Å². The molecule has 3 rings (SSSR count). The van der Waals surface area contributed by atoms with E-state index >= 15 is 0 Å². The minimum Gasteiger partial charge on any atom is -0.353 e. The first kappa shape index (κ1) is 15.8. The molecule has 1 fully saturated rings. The van der Waals surface area contributed by atoms with Crippen molar-refractivity contribution in [2.24, 2.45) is 5.92 Å². The standard InChI is InChI=1S/C18H25N3O2/c1-3-11-20-15-6-4-5-7-16(15)21(18(20)23)12-10-17(22)19-13(2)14-8-9-14/h4-7,13-14H,3,8-12H2,1-2H3,(H,19,22). The zero-order chi connectivity index (χ0) is 16.4. The zero-order valence-electron chi connectivity index (χ0n) is 13.9. The number of amides is 1. The van der Waals surface area contributed by atoms with Crippen molar-refractivity contribution in [1.82, 2.24) is 14.5 Å². The Kier molecular flexibility index (Phi) is 4.55.